The molecule has 0 saturated carbocycles. The van der Waals surface area contributed by atoms with Crippen molar-refractivity contribution in [3.8, 4) is 0 Å². The van der Waals surface area contributed by atoms with E-state index in [-0.39, 0.29) is 13.2 Å². The number of rotatable bonds is 8. The molecular formula is C10H17ClN2O2S. The summed E-state index contributed by atoms with van der Waals surface area (Å²) in [4.78, 5) is 6.37. The number of aliphatic hydroxyl groups excluding tert-OH is 2. The van der Waals surface area contributed by atoms with Crippen molar-refractivity contribution >= 4 is 22.9 Å². The Balaban J connectivity index is 2.35. The summed E-state index contributed by atoms with van der Waals surface area (Å²) in [5.41, 5.74) is 0.914. The lowest BCUT2D eigenvalue weighted by Crippen LogP contribution is -2.31. The summed E-state index contributed by atoms with van der Waals surface area (Å²) in [5.74, 6) is 0.452. The second-order valence-electron chi connectivity index (χ2n) is 3.41. The maximum Gasteiger partial charge on any atom is 0.0941 e. The van der Waals surface area contributed by atoms with Gasteiger partial charge >= 0.3 is 0 Å². The van der Waals surface area contributed by atoms with Crippen LogP contribution in [-0.2, 0) is 12.3 Å². The van der Waals surface area contributed by atoms with Gasteiger partial charge in [-0.25, -0.2) is 4.98 Å². The van der Waals surface area contributed by atoms with Gasteiger partial charge in [0.15, 0.2) is 0 Å². The summed E-state index contributed by atoms with van der Waals surface area (Å²) >= 11 is 7.28. The van der Waals surface area contributed by atoms with E-state index in [0.717, 1.165) is 23.7 Å². The van der Waals surface area contributed by atoms with Crippen molar-refractivity contribution in [3.05, 3.63) is 16.1 Å². The SMILES string of the molecule is OCCN(CCO)CCc1nc(CCl)cs1. The van der Waals surface area contributed by atoms with Crippen LogP contribution in [0.2, 0.25) is 0 Å². The highest BCUT2D eigenvalue weighted by atomic mass is 35.5. The van der Waals surface area contributed by atoms with Gasteiger partial charge in [-0.3, -0.25) is 4.90 Å². The van der Waals surface area contributed by atoms with Crippen molar-refractivity contribution in [1.29, 1.82) is 0 Å². The molecule has 0 aliphatic rings. The van der Waals surface area contributed by atoms with Crippen molar-refractivity contribution in [1.82, 2.24) is 9.88 Å². The summed E-state index contributed by atoms with van der Waals surface area (Å²) < 4.78 is 0. The second kappa shape index (κ2) is 7.97. The molecule has 2 N–H and O–H groups in total. The fourth-order valence-electron chi connectivity index (χ4n) is 1.40. The fraction of sp³-hybridized carbons (Fsp3) is 0.700. The Labute approximate surface area is 104 Å². The number of thiazole rings is 1. The largest absolute Gasteiger partial charge is 0.395 e. The molecule has 6 heteroatoms. The molecule has 0 aromatic carbocycles. The van der Waals surface area contributed by atoms with Gasteiger partial charge in [-0.1, -0.05) is 0 Å². The highest BCUT2D eigenvalue weighted by Gasteiger charge is 2.06. The molecular weight excluding hydrogens is 248 g/mol. The van der Waals surface area contributed by atoms with Gasteiger partial charge in [-0.2, -0.15) is 0 Å². The van der Waals surface area contributed by atoms with Crippen molar-refractivity contribution in [2.24, 2.45) is 0 Å². The van der Waals surface area contributed by atoms with Gasteiger partial charge in [0.2, 0.25) is 0 Å². The van der Waals surface area contributed by atoms with Gasteiger partial charge < -0.3 is 10.2 Å². The molecule has 0 amide bonds. The summed E-state index contributed by atoms with van der Waals surface area (Å²) in [7, 11) is 0. The molecule has 1 heterocycles. The maximum absolute atomic E-state index is 8.85. The maximum atomic E-state index is 8.85. The van der Waals surface area contributed by atoms with E-state index >= 15 is 0 Å². The molecule has 0 fully saturated rings. The molecule has 0 spiro atoms. The number of hydrogen-bond donors (Lipinski definition) is 2. The van der Waals surface area contributed by atoms with Gasteiger partial charge in [0.25, 0.3) is 0 Å². The number of hydrogen-bond acceptors (Lipinski definition) is 5. The zero-order valence-electron chi connectivity index (χ0n) is 9.10. The first-order valence-electron chi connectivity index (χ1n) is 5.23. The highest BCUT2D eigenvalue weighted by molar-refractivity contribution is 7.09. The van der Waals surface area contributed by atoms with Crippen LogP contribution in [0.1, 0.15) is 10.7 Å². The lowest BCUT2D eigenvalue weighted by Gasteiger charge is -2.19. The van der Waals surface area contributed by atoms with Gasteiger partial charge in [0.1, 0.15) is 0 Å². The minimum atomic E-state index is 0.116. The van der Waals surface area contributed by atoms with E-state index in [9.17, 15) is 0 Å². The minimum Gasteiger partial charge on any atom is -0.395 e. The monoisotopic (exact) mass is 264 g/mol. The van der Waals surface area contributed by atoms with Crippen LogP contribution in [0.5, 0.6) is 0 Å². The van der Waals surface area contributed by atoms with E-state index in [1.165, 1.54) is 0 Å². The van der Waals surface area contributed by atoms with Gasteiger partial charge in [-0.05, 0) is 0 Å². The smallest absolute Gasteiger partial charge is 0.0941 e. The average Bonchev–Trinajstić information content (AvgIpc) is 2.74. The van der Waals surface area contributed by atoms with Crippen LogP contribution in [0, 0.1) is 0 Å². The average molecular weight is 265 g/mol. The van der Waals surface area contributed by atoms with Crippen molar-refractivity contribution in [2.45, 2.75) is 12.3 Å². The van der Waals surface area contributed by atoms with Crippen molar-refractivity contribution in [2.75, 3.05) is 32.8 Å². The van der Waals surface area contributed by atoms with E-state index in [1.807, 2.05) is 10.3 Å². The molecule has 92 valence electrons. The Morgan fingerprint density at radius 3 is 2.44 bits per heavy atom. The molecule has 16 heavy (non-hydrogen) atoms. The number of aromatic nitrogens is 1. The topological polar surface area (TPSA) is 56.6 Å². The Bertz CT molecular complexity index is 290. The number of nitrogens with zero attached hydrogens (tertiary/aromatic N) is 2. The quantitative estimate of drug-likeness (QED) is 0.679. The first kappa shape index (κ1) is 13.9. The van der Waals surface area contributed by atoms with E-state index in [4.69, 9.17) is 21.8 Å². The standard InChI is InChI=1S/C10H17ClN2O2S/c11-7-9-8-16-10(12-9)1-2-13(3-5-14)4-6-15/h8,14-15H,1-7H2. The number of aliphatic hydroxyl groups is 2. The third kappa shape index (κ3) is 4.76. The Kier molecular flexibility index (Phi) is 6.91. The molecule has 1 aromatic rings. The summed E-state index contributed by atoms with van der Waals surface area (Å²) in [6, 6.07) is 0. The minimum absolute atomic E-state index is 0.116. The van der Waals surface area contributed by atoms with E-state index in [1.54, 1.807) is 11.3 Å². The predicted molar refractivity (Wildman–Crippen MR) is 66.0 cm³/mol. The molecule has 1 rings (SSSR count). The Morgan fingerprint density at radius 1 is 1.25 bits per heavy atom. The van der Waals surface area contributed by atoms with Crippen LogP contribution in [0.4, 0.5) is 0 Å². The van der Waals surface area contributed by atoms with Crippen molar-refractivity contribution in [3.63, 3.8) is 0 Å². The first-order chi connectivity index (χ1) is 7.80. The van der Waals surface area contributed by atoms with E-state index in [0.29, 0.717) is 19.0 Å². The van der Waals surface area contributed by atoms with Crippen LogP contribution in [0.3, 0.4) is 0 Å². The van der Waals surface area contributed by atoms with Crippen molar-refractivity contribution < 1.29 is 10.2 Å². The molecule has 0 aliphatic carbocycles. The zero-order valence-corrected chi connectivity index (χ0v) is 10.7. The Hall–Kier alpha value is -0.200. The highest BCUT2D eigenvalue weighted by Crippen LogP contribution is 2.12. The van der Waals surface area contributed by atoms with Crippen LogP contribution < -0.4 is 0 Å². The summed E-state index contributed by atoms with van der Waals surface area (Å²) in [6.45, 7) is 2.22. The summed E-state index contributed by atoms with van der Waals surface area (Å²) in [6.07, 6.45) is 0.835. The molecule has 0 aliphatic heterocycles. The lowest BCUT2D eigenvalue weighted by atomic mass is 10.3. The van der Waals surface area contributed by atoms with Crippen LogP contribution in [0.15, 0.2) is 5.38 Å². The van der Waals surface area contributed by atoms with Gasteiger partial charge in [0, 0.05) is 31.4 Å². The van der Waals surface area contributed by atoms with Crippen LogP contribution in [-0.4, -0.2) is 52.9 Å². The van der Waals surface area contributed by atoms with E-state index < -0.39 is 0 Å². The first-order valence-corrected chi connectivity index (χ1v) is 6.65. The predicted octanol–water partition coefficient (Wildman–Crippen LogP) is 0.711. The molecule has 0 atom stereocenters. The van der Waals surface area contributed by atoms with Gasteiger partial charge in [0.05, 0.1) is 29.8 Å². The third-order valence-corrected chi connectivity index (χ3v) is 3.44. The molecule has 0 saturated heterocycles. The van der Waals surface area contributed by atoms with Gasteiger partial charge in [-0.15, -0.1) is 22.9 Å². The number of halogens is 1. The molecule has 0 bridgehead atoms. The third-order valence-electron chi connectivity index (χ3n) is 2.21. The zero-order chi connectivity index (χ0) is 11.8. The molecule has 0 unspecified atom stereocenters. The molecule has 0 radical (unpaired) electrons. The van der Waals surface area contributed by atoms with Crippen LogP contribution >= 0.6 is 22.9 Å². The lowest BCUT2D eigenvalue weighted by molar-refractivity contribution is 0.162. The molecule has 1 aromatic heterocycles. The number of alkyl halides is 1. The van der Waals surface area contributed by atoms with E-state index in [2.05, 4.69) is 4.98 Å². The fourth-order valence-corrected chi connectivity index (χ4v) is 2.41. The van der Waals surface area contributed by atoms with Crippen LogP contribution in [0.25, 0.3) is 0 Å². The Morgan fingerprint density at radius 2 is 1.94 bits per heavy atom. The second-order valence-corrected chi connectivity index (χ2v) is 4.61. The molecule has 4 nitrogen and oxygen atoms in total. The normalized spacial score (nSPS) is 11.2. The summed E-state index contributed by atoms with van der Waals surface area (Å²) in [5, 5.41) is 20.7.